The minimum absolute atomic E-state index is 0.00370. The van der Waals surface area contributed by atoms with Crippen molar-refractivity contribution in [2.75, 3.05) is 0 Å². The first kappa shape index (κ1) is 14.1. The Morgan fingerprint density at radius 3 is 2.05 bits per heavy atom. The Labute approximate surface area is 120 Å². The minimum atomic E-state index is -0.415. The normalized spacial score (nSPS) is 25.8. The third kappa shape index (κ3) is 2.10. The van der Waals surface area contributed by atoms with E-state index in [-0.39, 0.29) is 22.4 Å². The van der Waals surface area contributed by atoms with E-state index >= 15 is 0 Å². The van der Waals surface area contributed by atoms with Crippen LogP contribution in [0.15, 0.2) is 18.2 Å². The average molecular weight is 276 g/mol. The summed E-state index contributed by atoms with van der Waals surface area (Å²) in [6.45, 7) is 10.2. The van der Waals surface area contributed by atoms with Crippen LogP contribution in [-0.2, 0) is 14.7 Å². The first-order valence-corrected chi connectivity index (χ1v) is 7.30. The highest BCUT2D eigenvalue weighted by Crippen LogP contribution is 2.48. The minimum Gasteiger partial charge on any atom is -0.399 e. The Balaban J connectivity index is 1.93. The summed E-state index contributed by atoms with van der Waals surface area (Å²) in [6, 6.07) is 5.23. The molecule has 0 atom stereocenters. The number of rotatable bonds is 2. The van der Waals surface area contributed by atoms with E-state index in [4.69, 9.17) is 9.31 Å². The quantitative estimate of drug-likeness (QED) is 0.772. The average Bonchev–Trinajstić information content (AvgIpc) is 3.02. The van der Waals surface area contributed by atoms with E-state index in [0.717, 1.165) is 23.9 Å². The lowest BCUT2D eigenvalue weighted by molar-refractivity contribution is 0.00578. The van der Waals surface area contributed by atoms with E-state index in [1.165, 1.54) is 0 Å². The molecule has 1 saturated carbocycles. The van der Waals surface area contributed by atoms with Crippen molar-refractivity contribution in [3.8, 4) is 0 Å². The molecule has 108 valence electrons. The van der Waals surface area contributed by atoms with Gasteiger partial charge in [-0.3, -0.25) is 0 Å². The SMILES string of the molecule is CC1(c2cc(B3OC(C)(C)C(C)(C)O3)ccc2F)CC1. The number of benzene rings is 1. The van der Waals surface area contributed by atoms with Crippen molar-refractivity contribution in [1.29, 1.82) is 0 Å². The Bertz CT molecular complexity index is 533. The second-order valence-corrected chi connectivity index (χ2v) is 7.39. The van der Waals surface area contributed by atoms with Crippen LogP contribution in [0.25, 0.3) is 0 Å². The highest BCUT2D eigenvalue weighted by molar-refractivity contribution is 6.62. The molecule has 1 heterocycles. The van der Waals surface area contributed by atoms with Crippen LogP contribution < -0.4 is 5.46 Å². The monoisotopic (exact) mass is 276 g/mol. The van der Waals surface area contributed by atoms with Crippen molar-refractivity contribution in [3.05, 3.63) is 29.6 Å². The van der Waals surface area contributed by atoms with Gasteiger partial charge in [0, 0.05) is 0 Å². The van der Waals surface area contributed by atoms with Crippen LogP contribution in [-0.4, -0.2) is 18.3 Å². The summed E-state index contributed by atoms with van der Waals surface area (Å²) in [7, 11) is -0.415. The standard InChI is InChI=1S/C16H22BFO2/c1-14(2)15(3,4)20-17(19-14)11-6-7-13(18)12(10-11)16(5)8-9-16/h6-7,10H,8-9H2,1-5H3. The van der Waals surface area contributed by atoms with E-state index in [1.807, 2.05) is 33.8 Å². The van der Waals surface area contributed by atoms with Crippen LogP contribution in [0.4, 0.5) is 4.39 Å². The molecule has 0 N–H and O–H groups in total. The molecule has 0 radical (unpaired) electrons. The van der Waals surface area contributed by atoms with E-state index < -0.39 is 7.12 Å². The van der Waals surface area contributed by atoms with Gasteiger partial charge in [0.25, 0.3) is 0 Å². The van der Waals surface area contributed by atoms with Crippen molar-refractivity contribution in [2.24, 2.45) is 0 Å². The lowest BCUT2D eigenvalue weighted by Crippen LogP contribution is -2.41. The van der Waals surface area contributed by atoms with Gasteiger partial charge in [0.1, 0.15) is 5.82 Å². The van der Waals surface area contributed by atoms with E-state index in [2.05, 4.69) is 6.92 Å². The first-order chi connectivity index (χ1) is 9.15. The fraction of sp³-hybridized carbons (Fsp3) is 0.625. The zero-order valence-electron chi connectivity index (χ0n) is 12.9. The van der Waals surface area contributed by atoms with Crippen molar-refractivity contribution in [1.82, 2.24) is 0 Å². The van der Waals surface area contributed by atoms with Gasteiger partial charge < -0.3 is 9.31 Å². The van der Waals surface area contributed by atoms with Crippen molar-refractivity contribution in [3.63, 3.8) is 0 Å². The van der Waals surface area contributed by atoms with Crippen LogP contribution in [0.5, 0.6) is 0 Å². The summed E-state index contributed by atoms with van der Waals surface area (Å²) < 4.78 is 26.1. The maximum Gasteiger partial charge on any atom is 0.494 e. The van der Waals surface area contributed by atoms with Gasteiger partial charge in [-0.15, -0.1) is 0 Å². The Hall–Kier alpha value is -0.865. The molecule has 0 spiro atoms. The van der Waals surface area contributed by atoms with E-state index in [0.29, 0.717) is 0 Å². The molecule has 0 bridgehead atoms. The lowest BCUT2D eigenvalue weighted by Gasteiger charge is -2.32. The molecule has 0 amide bonds. The summed E-state index contributed by atoms with van der Waals surface area (Å²) in [5, 5.41) is 0. The molecular formula is C16H22BFO2. The third-order valence-electron chi connectivity index (χ3n) is 5.17. The lowest BCUT2D eigenvalue weighted by atomic mass is 9.77. The summed E-state index contributed by atoms with van der Waals surface area (Å²) in [5.41, 5.74) is 0.979. The highest BCUT2D eigenvalue weighted by atomic mass is 19.1. The summed E-state index contributed by atoms with van der Waals surface area (Å²) in [5.74, 6) is -0.120. The Morgan fingerprint density at radius 1 is 1.00 bits per heavy atom. The molecule has 0 aromatic heterocycles. The first-order valence-electron chi connectivity index (χ1n) is 7.30. The number of hydrogen-bond acceptors (Lipinski definition) is 2. The molecule has 2 fully saturated rings. The topological polar surface area (TPSA) is 18.5 Å². The fourth-order valence-electron chi connectivity index (χ4n) is 2.59. The van der Waals surface area contributed by atoms with Gasteiger partial charge in [0.2, 0.25) is 0 Å². The molecule has 1 aliphatic carbocycles. The summed E-state index contributed by atoms with van der Waals surface area (Å²) in [6.07, 6.45) is 2.10. The van der Waals surface area contributed by atoms with Crippen LogP contribution in [0.1, 0.15) is 53.0 Å². The second-order valence-electron chi connectivity index (χ2n) is 7.39. The van der Waals surface area contributed by atoms with E-state index in [1.54, 1.807) is 12.1 Å². The predicted octanol–water partition coefficient (Wildman–Crippen LogP) is 3.18. The molecule has 1 aromatic carbocycles. The van der Waals surface area contributed by atoms with Crippen LogP contribution >= 0.6 is 0 Å². The van der Waals surface area contributed by atoms with Crippen LogP contribution in [0, 0.1) is 5.82 Å². The maximum atomic E-state index is 14.0. The van der Waals surface area contributed by atoms with Crippen molar-refractivity contribution < 1.29 is 13.7 Å². The number of hydrogen-bond donors (Lipinski definition) is 0. The zero-order chi connectivity index (χ0) is 14.8. The van der Waals surface area contributed by atoms with Crippen LogP contribution in [0.3, 0.4) is 0 Å². The van der Waals surface area contributed by atoms with Gasteiger partial charge in [0.05, 0.1) is 11.2 Å². The molecule has 4 heteroatoms. The largest absolute Gasteiger partial charge is 0.494 e. The molecule has 2 nitrogen and oxygen atoms in total. The highest BCUT2D eigenvalue weighted by Gasteiger charge is 2.52. The van der Waals surface area contributed by atoms with Crippen molar-refractivity contribution in [2.45, 2.75) is 64.1 Å². The Kier molecular flexibility index (Phi) is 2.87. The van der Waals surface area contributed by atoms with Gasteiger partial charge >= 0.3 is 7.12 Å². The van der Waals surface area contributed by atoms with Gasteiger partial charge in [-0.1, -0.05) is 19.1 Å². The third-order valence-corrected chi connectivity index (χ3v) is 5.17. The molecule has 2 aliphatic rings. The molecule has 0 unspecified atom stereocenters. The number of halogens is 1. The molecule has 1 aliphatic heterocycles. The summed E-state index contributed by atoms with van der Waals surface area (Å²) in [4.78, 5) is 0. The predicted molar refractivity (Wildman–Crippen MR) is 78.7 cm³/mol. The molecule has 1 aromatic rings. The van der Waals surface area contributed by atoms with Gasteiger partial charge in [-0.05, 0) is 63.0 Å². The zero-order valence-corrected chi connectivity index (χ0v) is 12.9. The maximum absolute atomic E-state index is 14.0. The molecule has 20 heavy (non-hydrogen) atoms. The van der Waals surface area contributed by atoms with E-state index in [9.17, 15) is 4.39 Å². The van der Waals surface area contributed by atoms with Gasteiger partial charge in [0.15, 0.2) is 0 Å². The second kappa shape index (κ2) is 4.08. The van der Waals surface area contributed by atoms with Crippen LogP contribution in [0.2, 0.25) is 0 Å². The van der Waals surface area contributed by atoms with Crippen molar-refractivity contribution >= 4 is 12.6 Å². The molecular weight excluding hydrogens is 254 g/mol. The molecule has 3 rings (SSSR count). The summed E-state index contributed by atoms with van der Waals surface area (Å²) >= 11 is 0. The molecule has 1 saturated heterocycles. The smallest absolute Gasteiger partial charge is 0.399 e. The fourth-order valence-corrected chi connectivity index (χ4v) is 2.59. The van der Waals surface area contributed by atoms with Gasteiger partial charge in [-0.25, -0.2) is 4.39 Å². The van der Waals surface area contributed by atoms with Gasteiger partial charge in [-0.2, -0.15) is 0 Å². The Morgan fingerprint density at radius 2 is 1.55 bits per heavy atom.